The SMILES string of the molecule is CC(C)(C)NCc1nnc(C2CCCCCC2)s1. The van der Waals surface area contributed by atoms with Crippen molar-refractivity contribution in [3.63, 3.8) is 0 Å². The van der Waals surface area contributed by atoms with Gasteiger partial charge in [-0.2, -0.15) is 0 Å². The Morgan fingerprint density at radius 3 is 2.39 bits per heavy atom. The van der Waals surface area contributed by atoms with Gasteiger partial charge < -0.3 is 5.32 Å². The van der Waals surface area contributed by atoms with Gasteiger partial charge in [0.05, 0.1) is 6.54 Å². The third-order valence-corrected chi connectivity index (χ3v) is 4.54. The van der Waals surface area contributed by atoms with Crippen LogP contribution >= 0.6 is 11.3 Å². The van der Waals surface area contributed by atoms with E-state index < -0.39 is 0 Å². The summed E-state index contributed by atoms with van der Waals surface area (Å²) >= 11 is 1.80. The minimum Gasteiger partial charge on any atom is -0.306 e. The maximum atomic E-state index is 4.41. The van der Waals surface area contributed by atoms with Crippen molar-refractivity contribution >= 4 is 11.3 Å². The van der Waals surface area contributed by atoms with Crippen molar-refractivity contribution in [3.8, 4) is 0 Å². The van der Waals surface area contributed by atoms with Crippen LogP contribution in [0.25, 0.3) is 0 Å². The molecule has 0 amide bonds. The highest BCUT2D eigenvalue weighted by Crippen LogP contribution is 2.33. The first kappa shape index (κ1) is 13.9. The molecule has 0 aliphatic heterocycles. The molecule has 1 fully saturated rings. The lowest BCUT2D eigenvalue weighted by Gasteiger charge is -2.19. The van der Waals surface area contributed by atoms with Crippen LogP contribution in [-0.4, -0.2) is 15.7 Å². The second-order valence-corrected chi connectivity index (χ2v) is 7.42. The second kappa shape index (κ2) is 6.11. The molecule has 0 spiro atoms. The van der Waals surface area contributed by atoms with Gasteiger partial charge in [-0.15, -0.1) is 10.2 Å². The van der Waals surface area contributed by atoms with Crippen LogP contribution in [0.1, 0.15) is 75.2 Å². The van der Waals surface area contributed by atoms with E-state index in [9.17, 15) is 0 Å². The molecule has 0 bridgehead atoms. The molecule has 1 saturated carbocycles. The molecule has 1 heterocycles. The molecule has 0 radical (unpaired) electrons. The van der Waals surface area contributed by atoms with Gasteiger partial charge >= 0.3 is 0 Å². The number of nitrogens with zero attached hydrogens (tertiary/aromatic N) is 2. The minimum atomic E-state index is 0.147. The van der Waals surface area contributed by atoms with E-state index in [1.54, 1.807) is 11.3 Å². The topological polar surface area (TPSA) is 37.8 Å². The smallest absolute Gasteiger partial charge is 0.131 e. The first-order valence-corrected chi connectivity index (χ1v) is 7.93. The van der Waals surface area contributed by atoms with Crippen molar-refractivity contribution in [2.24, 2.45) is 0 Å². The van der Waals surface area contributed by atoms with Crippen LogP contribution in [0.5, 0.6) is 0 Å². The Balaban J connectivity index is 1.92. The lowest BCUT2D eigenvalue weighted by molar-refractivity contribution is 0.423. The summed E-state index contributed by atoms with van der Waals surface area (Å²) in [5, 5.41) is 14.6. The third kappa shape index (κ3) is 4.32. The summed E-state index contributed by atoms with van der Waals surface area (Å²) in [6, 6.07) is 0. The number of hydrogen-bond acceptors (Lipinski definition) is 4. The van der Waals surface area contributed by atoms with Gasteiger partial charge in [-0.3, -0.25) is 0 Å². The van der Waals surface area contributed by atoms with E-state index in [0.717, 1.165) is 11.6 Å². The lowest BCUT2D eigenvalue weighted by Crippen LogP contribution is -2.35. The fourth-order valence-corrected chi connectivity index (χ4v) is 3.32. The van der Waals surface area contributed by atoms with Crippen LogP contribution in [0.2, 0.25) is 0 Å². The van der Waals surface area contributed by atoms with Crippen LogP contribution in [0, 0.1) is 0 Å². The highest BCUT2D eigenvalue weighted by molar-refractivity contribution is 7.11. The summed E-state index contributed by atoms with van der Waals surface area (Å²) in [6.07, 6.45) is 8.13. The van der Waals surface area contributed by atoms with E-state index in [4.69, 9.17) is 0 Å². The number of rotatable bonds is 3. The average molecular weight is 267 g/mol. The van der Waals surface area contributed by atoms with Crippen molar-refractivity contribution in [2.75, 3.05) is 0 Å². The summed E-state index contributed by atoms with van der Waals surface area (Å²) in [5.74, 6) is 0.674. The fraction of sp³-hybridized carbons (Fsp3) is 0.857. The summed E-state index contributed by atoms with van der Waals surface area (Å²) in [4.78, 5) is 0. The zero-order valence-corrected chi connectivity index (χ0v) is 12.6. The van der Waals surface area contributed by atoms with Gasteiger partial charge in [0.2, 0.25) is 0 Å². The molecule has 0 aromatic carbocycles. The molecule has 3 nitrogen and oxygen atoms in total. The third-order valence-electron chi connectivity index (χ3n) is 3.46. The Bertz CT molecular complexity index is 359. The van der Waals surface area contributed by atoms with Gasteiger partial charge in [0.25, 0.3) is 0 Å². The fourth-order valence-electron chi connectivity index (χ4n) is 2.37. The number of aromatic nitrogens is 2. The van der Waals surface area contributed by atoms with E-state index in [1.165, 1.54) is 43.5 Å². The monoisotopic (exact) mass is 267 g/mol. The van der Waals surface area contributed by atoms with Crippen molar-refractivity contribution in [1.82, 2.24) is 15.5 Å². The molecule has 1 aromatic heterocycles. The minimum absolute atomic E-state index is 0.147. The summed E-state index contributed by atoms with van der Waals surface area (Å²) < 4.78 is 0. The maximum Gasteiger partial charge on any atom is 0.131 e. The predicted octanol–water partition coefficient (Wildman–Crippen LogP) is 3.86. The van der Waals surface area contributed by atoms with E-state index in [1.807, 2.05) is 0 Å². The molecule has 1 aromatic rings. The largest absolute Gasteiger partial charge is 0.306 e. The van der Waals surface area contributed by atoms with Crippen LogP contribution in [0.15, 0.2) is 0 Å². The Morgan fingerprint density at radius 2 is 1.78 bits per heavy atom. The quantitative estimate of drug-likeness (QED) is 0.845. The summed E-state index contributed by atoms with van der Waals surface area (Å²) in [6.45, 7) is 7.38. The van der Waals surface area contributed by atoms with Gasteiger partial charge in [0, 0.05) is 11.5 Å². The first-order valence-electron chi connectivity index (χ1n) is 7.12. The Kier molecular flexibility index (Phi) is 4.73. The van der Waals surface area contributed by atoms with Gasteiger partial charge in [-0.25, -0.2) is 0 Å². The van der Waals surface area contributed by atoms with E-state index >= 15 is 0 Å². The number of nitrogens with one attached hydrogen (secondary N) is 1. The lowest BCUT2D eigenvalue weighted by atomic mass is 10.0. The normalized spacial score (nSPS) is 18.8. The van der Waals surface area contributed by atoms with Gasteiger partial charge in [-0.1, -0.05) is 37.0 Å². The molecule has 18 heavy (non-hydrogen) atoms. The second-order valence-electron chi connectivity index (χ2n) is 6.33. The summed E-state index contributed by atoms with van der Waals surface area (Å²) in [7, 11) is 0. The summed E-state index contributed by atoms with van der Waals surface area (Å²) in [5.41, 5.74) is 0.147. The van der Waals surface area contributed by atoms with Crippen molar-refractivity contribution in [1.29, 1.82) is 0 Å². The van der Waals surface area contributed by atoms with Crippen molar-refractivity contribution < 1.29 is 0 Å². The molecule has 0 unspecified atom stereocenters. The molecule has 0 saturated heterocycles. The van der Waals surface area contributed by atoms with E-state index in [0.29, 0.717) is 5.92 Å². The average Bonchev–Trinajstić information content (AvgIpc) is 2.60. The molecule has 102 valence electrons. The highest BCUT2D eigenvalue weighted by atomic mass is 32.1. The molecule has 2 rings (SSSR count). The molecule has 1 N–H and O–H groups in total. The molecule has 0 atom stereocenters. The molecule has 1 aliphatic carbocycles. The van der Waals surface area contributed by atoms with Crippen LogP contribution in [0.4, 0.5) is 0 Å². The van der Waals surface area contributed by atoms with Crippen LogP contribution in [-0.2, 0) is 6.54 Å². The Morgan fingerprint density at radius 1 is 1.11 bits per heavy atom. The van der Waals surface area contributed by atoms with E-state index in [-0.39, 0.29) is 5.54 Å². The molecule has 4 heteroatoms. The zero-order chi connectivity index (χ0) is 13.0. The van der Waals surface area contributed by atoms with Crippen molar-refractivity contribution in [3.05, 3.63) is 10.0 Å². The Labute approximate surface area is 114 Å². The van der Waals surface area contributed by atoms with Gasteiger partial charge in [-0.05, 0) is 33.6 Å². The van der Waals surface area contributed by atoms with Gasteiger partial charge in [0.15, 0.2) is 0 Å². The first-order chi connectivity index (χ1) is 8.54. The van der Waals surface area contributed by atoms with Gasteiger partial charge in [0.1, 0.15) is 10.0 Å². The zero-order valence-electron chi connectivity index (χ0n) is 11.8. The Hall–Kier alpha value is -0.480. The van der Waals surface area contributed by atoms with Crippen LogP contribution in [0.3, 0.4) is 0 Å². The maximum absolute atomic E-state index is 4.41. The molecular weight excluding hydrogens is 242 g/mol. The highest BCUT2D eigenvalue weighted by Gasteiger charge is 2.19. The standard InChI is InChI=1S/C14H25N3S/c1-14(2,3)15-10-12-16-17-13(18-12)11-8-6-4-5-7-9-11/h11,15H,4-10H2,1-3H3. The molecular formula is C14H25N3S. The molecule has 1 aliphatic rings. The predicted molar refractivity (Wildman–Crippen MR) is 76.9 cm³/mol. The van der Waals surface area contributed by atoms with Crippen LogP contribution < -0.4 is 5.32 Å². The van der Waals surface area contributed by atoms with E-state index in [2.05, 4.69) is 36.3 Å². The number of hydrogen-bond donors (Lipinski definition) is 1. The van der Waals surface area contributed by atoms with Crippen molar-refractivity contribution in [2.45, 2.75) is 77.3 Å².